The second-order valence-corrected chi connectivity index (χ2v) is 7.25. The standard InChI is InChI=1S/C25H34N2O5/c1(2-24-7-9-26-10-8-24)23-3-5-25(6-4-23)27-11-13-28-15-17-30-19-21-32-22-20-31-18-16-29-14-12-27/h1-10H,11-22H2/b2-1+. The van der Waals surface area contributed by atoms with Gasteiger partial charge in [-0.05, 0) is 35.4 Å². The maximum atomic E-state index is 5.76. The quantitative estimate of drug-likeness (QED) is 0.724. The molecular weight excluding hydrogens is 408 g/mol. The van der Waals surface area contributed by atoms with Crippen LogP contribution in [0.3, 0.4) is 0 Å². The molecule has 1 saturated heterocycles. The average molecular weight is 443 g/mol. The van der Waals surface area contributed by atoms with Crippen molar-refractivity contribution >= 4 is 17.8 Å². The number of rotatable bonds is 3. The summed E-state index contributed by atoms with van der Waals surface area (Å²) in [6.45, 7) is 7.41. The first kappa shape index (κ1) is 24.4. The Labute approximate surface area is 190 Å². The van der Waals surface area contributed by atoms with E-state index in [1.54, 1.807) is 12.4 Å². The zero-order valence-electron chi connectivity index (χ0n) is 18.7. The van der Waals surface area contributed by atoms with Gasteiger partial charge in [-0.1, -0.05) is 24.3 Å². The van der Waals surface area contributed by atoms with E-state index in [4.69, 9.17) is 23.7 Å². The molecule has 3 rings (SSSR count). The summed E-state index contributed by atoms with van der Waals surface area (Å²) in [6, 6.07) is 12.5. The highest BCUT2D eigenvalue weighted by Gasteiger charge is 2.07. The molecule has 1 aliphatic heterocycles. The molecule has 2 heterocycles. The van der Waals surface area contributed by atoms with Crippen molar-refractivity contribution in [1.82, 2.24) is 4.98 Å². The summed E-state index contributed by atoms with van der Waals surface area (Å²) in [5.74, 6) is 0. The lowest BCUT2D eigenvalue weighted by Gasteiger charge is -2.25. The van der Waals surface area contributed by atoms with Crippen molar-refractivity contribution in [3.8, 4) is 0 Å². The fourth-order valence-corrected chi connectivity index (χ4v) is 3.16. The summed E-state index contributed by atoms with van der Waals surface area (Å²) in [5.41, 5.74) is 3.43. The number of benzene rings is 1. The van der Waals surface area contributed by atoms with E-state index in [-0.39, 0.29) is 0 Å². The Hall–Kier alpha value is -2.29. The van der Waals surface area contributed by atoms with Gasteiger partial charge in [-0.3, -0.25) is 4.98 Å². The predicted octanol–water partition coefficient (Wildman–Crippen LogP) is 3.16. The van der Waals surface area contributed by atoms with Crippen LogP contribution in [0, 0.1) is 0 Å². The van der Waals surface area contributed by atoms with Crippen LogP contribution >= 0.6 is 0 Å². The molecule has 0 spiro atoms. The maximum Gasteiger partial charge on any atom is 0.0701 e. The number of ether oxygens (including phenoxy) is 5. The van der Waals surface area contributed by atoms with E-state index in [0.717, 1.165) is 29.9 Å². The Balaban J connectivity index is 1.52. The number of nitrogens with zero attached hydrogens (tertiary/aromatic N) is 2. The molecule has 0 aliphatic carbocycles. The number of anilines is 1. The summed E-state index contributed by atoms with van der Waals surface area (Å²) >= 11 is 0. The summed E-state index contributed by atoms with van der Waals surface area (Å²) in [4.78, 5) is 6.34. The molecule has 1 aromatic heterocycles. The first-order chi connectivity index (χ1) is 15.9. The van der Waals surface area contributed by atoms with Crippen LogP contribution in [0.5, 0.6) is 0 Å². The van der Waals surface area contributed by atoms with Gasteiger partial charge in [0.25, 0.3) is 0 Å². The molecule has 1 aliphatic rings. The lowest BCUT2D eigenvalue weighted by Crippen LogP contribution is -2.31. The van der Waals surface area contributed by atoms with E-state index in [0.29, 0.717) is 66.1 Å². The molecule has 0 unspecified atom stereocenters. The third-order valence-electron chi connectivity index (χ3n) is 4.93. The molecule has 174 valence electrons. The molecule has 1 aromatic carbocycles. The van der Waals surface area contributed by atoms with Crippen molar-refractivity contribution in [2.75, 3.05) is 84.1 Å². The summed E-state index contributed by atoms with van der Waals surface area (Å²) in [6.07, 6.45) is 7.79. The van der Waals surface area contributed by atoms with Crippen LogP contribution in [0.2, 0.25) is 0 Å². The molecule has 1 fully saturated rings. The molecule has 0 radical (unpaired) electrons. The van der Waals surface area contributed by atoms with Crippen molar-refractivity contribution < 1.29 is 23.7 Å². The summed E-state index contributed by atoms with van der Waals surface area (Å²) in [5, 5.41) is 0. The van der Waals surface area contributed by atoms with Gasteiger partial charge >= 0.3 is 0 Å². The fourth-order valence-electron chi connectivity index (χ4n) is 3.16. The van der Waals surface area contributed by atoms with Gasteiger partial charge in [0, 0.05) is 31.2 Å². The van der Waals surface area contributed by atoms with Crippen LogP contribution in [0.4, 0.5) is 5.69 Å². The topological polar surface area (TPSA) is 62.3 Å². The lowest BCUT2D eigenvalue weighted by molar-refractivity contribution is -0.0116. The van der Waals surface area contributed by atoms with Crippen LogP contribution in [0.15, 0.2) is 48.8 Å². The maximum absolute atomic E-state index is 5.76. The van der Waals surface area contributed by atoms with Crippen LogP contribution in [-0.2, 0) is 23.7 Å². The Bertz CT molecular complexity index is 737. The van der Waals surface area contributed by atoms with Gasteiger partial charge in [-0.15, -0.1) is 0 Å². The normalized spacial score (nSPS) is 18.8. The highest BCUT2D eigenvalue weighted by Crippen LogP contribution is 2.17. The molecule has 7 nitrogen and oxygen atoms in total. The van der Waals surface area contributed by atoms with Crippen LogP contribution in [0.25, 0.3) is 12.2 Å². The Morgan fingerprint density at radius 3 is 1.41 bits per heavy atom. The van der Waals surface area contributed by atoms with Gasteiger partial charge in [-0.25, -0.2) is 0 Å². The molecule has 7 heteroatoms. The number of pyridine rings is 1. The molecule has 0 bridgehead atoms. The fraction of sp³-hybridized carbons (Fsp3) is 0.480. The van der Waals surface area contributed by atoms with Crippen molar-refractivity contribution in [2.24, 2.45) is 0 Å². The first-order valence-corrected chi connectivity index (χ1v) is 11.2. The second kappa shape index (κ2) is 15.5. The zero-order valence-corrected chi connectivity index (χ0v) is 18.7. The van der Waals surface area contributed by atoms with Crippen molar-refractivity contribution in [3.05, 3.63) is 59.9 Å². The van der Waals surface area contributed by atoms with Gasteiger partial charge in [0.05, 0.1) is 66.1 Å². The van der Waals surface area contributed by atoms with Gasteiger partial charge < -0.3 is 28.6 Å². The number of aromatic nitrogens is 1. The molecular formula is C25H34N2O5. The van der Waals surface area contributed by atoms with Crippen molar-refractivity contribution in [1.29, 1.82) is 0 Å². The lowest BCUT2D eigenvalue weighted by atomic mass is 10.1. The third kappa shape index (κ3) is 9.89. The van der Waals surface area contributed by atoms with Gasteiger partial charge in [-0.2, -0.15) is 0 Å². The van der Waals surface area contributed by atoms with Gasteiger partial charge in [0.1, 0.15) is 0 Å². The minimum Gasteiger partial charge on any atom is -0.377 e. The first-order valence-electron chi connectivity index (χ1n) is 11.2. The average Bonchev–Trinajstić information content (AvgIpc) is 2.84. The Morgan fingerprint density at radius 1 is 0.531 bits per heavy atom. The molecule has 0 atom stereocenters. The molecule has 2 aromatic rings. The van der Waals surface area contributed by atoms with E-state index in [2.05, 4.69) is 46.3 Å². The zero-order chi connectivity index (χ0) is 22.1. The monoisotopic (exact) mass is 442 g/mol. The largest absolute Gasteiger partial charge is 0.377 e. The van der Waals surface area contributed by atoms with Crippen LogP contribution < -0.4 is 4.90 Å². The minimum atomic E-state index is 0.570. The van der Waals surface area contributed by atoms with Crippen molar-refractivity contribution in [2.45, 2.75) is 0 Å². The molecule has 0 N–H and O–H groups in total. The highest BCUT2D eigenvalue weighted by atomic mass is 16.6. The SMILES string of the molecule is C(=C\c1ccc(N2CCOCCOCCOCCOCCOCC2)cc1)/c1ccncc1. The van der Waals surface area contributed by atoms with Gasteiger partial charge in [0.2, 0.25) is 0 Å². The highest BCUT2D eigenvalue weighted by molar-refractivity contribution is 5.70. The summed E-state index contributed by atoms with van der Waals surface area (Å²) < 4.78 is 28.0. The van der Waals surface area contributed by atoms with E-state index < -0.39 is 0 Å². The number of hydrogen-bond acceptors (Lipinski definition) is 7. The van der Waals surface area contributed by atoms with E-state index >= 15 is 0 Å². The van der Waals surface area contributed by atoms with E-state index in [1.165, 1.54) is 0 Å². The Morgan fingerprint density at radius 2 is 0.938 bits per heavy atom. The predicted molar refractivity (Wildman–Crippen MR) is 126 cm³/mol. The minimum absolute atomic E-state index is 0.570. The Kier molecular flexibility index (Phi) is 11.8. The smallest absolute Gasteiger partial charge is 0.0701 e. The van der Waals surface area contributed by atoms with Crippen LogP contribution in [-0.4, -0.2) is 84.1 Å². The van der Waals surface area contributed by atoms with Crippen molar-refractivity contribution in [3.63, 3.8) is 0 Å². The second-order valence-electron chi connectivity index (χ2n) is 7.25. The summed E-state index contributed by atoms with van der Waals surface area (Å²) in [7, 11) is 0. The third-order valence-corrected chi connectivity index (χ3v) is 4.93. The van der Waals surface area contributed by atoms with E-state index in [1.807, 2.05) is 12.1 Å². The van der Waals surface area contributed by atoms with E-state index in [9.17, 15) is 0 Å². The van der Waals surface area contributed by atoms with Gasteiger partial charge in [0.15, 0.2) is 0 Å². The van der Waals surface area contributed by atoms with Crippen LogP contribution in [0.1, 0.15) is 11.1 Å². The molecule has 0 amide bonds. The molecule has 32 heavy (non-hydrogen) atoms. The molecule has 0 saturated carbocycles. The number of hydrogen-bond donors (Lipinski definition) is 0.